The van der Waals surface area contributed by atoms with Crippen LogP contribution in [-0.4, -0.2) is 49.2 Å². The molecular formula is C21H38N4O. The number of carbonyl (C=O) groups is 1. The van der Waals surface area contributed by atoms with Crippen molar-refractivity contribution in [2.75, 3.05) is 13.1 Å². The summed E-state index contributed by atoms with van der Waals surface area (Å²) in [6.45, 7) is 4.53. The molecule has 0 radical (unpaired) electrons. The van der Waals surface area contributed by atoms with E-state index < -0.39 is 0 Å². The van der Waals surface area contributed by atoms with Crippen molar-refractivity contribution in [1.82, 2.24) is 21.3 Å². The van der Waals surface area contributed by atoms with Crippen LogP contribution in [0.3, 0.4) is 0 Å². The quantitative estimate of drug-likeness (QED) is 0.617. The van der Waals surface area contributed by atoms with Crippen molar-refractivity contribution in [2.24, 2.45) is 11.8 Å². The Morgan fingerprint density at radius 1 is 0.923 bits per heavy atom. The standard InChI is InChI=1S/C21H38N4O/c1-14-7-6-8-15-13-18(24-19(14)15)21(26)25-20(16-9-2-4-11-22-16)17-10-3-5-12-23-17/h14-20,22-24H,2-13H2,1H3,(H,25,26). The number of hydrogen-bond acceptors (Lipinski definition) is 4. The average Bonchev–Trinajstić information content (AvgIpc) is 3.13. The fraction of sp³-hybridized carbons (Fsp3) is 0.952. The minimum Gasteiger partial charge on any atom is -0.349 e. The Balaban J connectivity index is 1.40. The first kappa shape index (κ1) is 18.7. The van der Waals surface area contributed by atoms with Crippen LogP contribution in [0.2, 0.25) is 0 Å². The molecule has 0 bridgehead atoms. The van der Waals surface area contributed by atoms with E-state index >= 15 is 0 Å². The molecule has 6 unspecified atom stereocenters. The van der Waals surface area contributed by atoms with Gasteiger partial charge < -0.3 is 21.3 Å². The number of amides is 1. The molecule has 4 aliphatic rings. The van der Waals surface area contributed by atoms with E-state index in [0.29, 0.717) is 30.0 Å². The maximum Gasteiger partial charge on any atom is 0.237 e. The summed E-state index contributed by atoms with van der Waals surface area (Å²) in [5.74, 6) is 1.66. The van der Waals surface area contributed by atoms with Gasteiger partial charge >= 0.3 is 0 Å². The van der Waals surface area contributed by atoms with Crippen LogP contribution in [0, 0.1) is 11.8 Å². The van der Waals surface area contributed by atoms with Crippen LogP contribution in [0.5, 0.6) is 0 Å². The average molecular weight is 363 g/mol. The van der Waals surface area contributed by atoms with Crippen molar-refractivity contribution < 1.29 is 4.79 Å². The monoisotopic (exact) mass is 362 g/mol. The minimum atomic E-state index is 0.0141. The highest BCUT2D eigenvalue weighted by Gasteiger charge is 2.42. The van der Waals surface area contributed by atoms with Crippen molar-refractivity contribution in [3.05, 3.63) is 0 Å². The minimum absolute atomic E-state index is 0.0141. The van der Waals surface area contributed by atoms with Gasteiger partial charge in [0.25, 0.3) is 0 Å². The summed E-state index contributed by atoms with van der Waals surface area (Å²) in [4.78, 5) is 13.2. The molecule has 0 spiro atoms. The molecule has 4 rings (SSSR count). The zero-order valence-electron chi connectivity index (χ0n) is 16.4. The normalized spacial score (nSPS) is 42.0. The summed E-state index contributed by atoms with van der Waals surface area (Å²) in [6.07, 6.45) is 12.4. The van der Waals surface area contributed by atoms with E-state index in [1.165, 1.54) is 57.8 Å². The summed E-state index contributed by atoms with van der Waals surface area (Å²) in [6, 6.07) is 1.64. The largest absolute Gasteiger partial charge is 0.349 e. The van der Waals surface area contributed by atoms with E-state index in [2.05, 4.69) is 28.2 Å². The molecule has 4 N–H and O–H groups in total. The Hall–Kier alpha value is -0.650. The van der Waals surface area contributed by atoms with Crippen LogP contribution < -0.4 is 21.3 Å². The Morgan fingerprint density at radius 2 is 1.62 bits per heavy atom. The fourth-order valence-corrected chi connectivity index (χ4v) is 5.99. The smallest absolute Gasteiger partial charge is 0.237 e. The number of fused-ring (bicyclic) bond motifs is 1. The zero-order chi connectivity index (χ0) is 17.9. The third-order valence-corrected chi connectivity index (χ3v) is 7.48. The Bertz CT molecular complexity index is 455. The van der Waals surface area contributed by atoms with Gasteiger partial charge in [0.2, 0.25) is 5.91 Å². The summed E-state index contributed by atoms with van der Waals surface area (Å²) in [7, 11) is 0. The molecule has 1 aliphatic carbocycles. The molecule has 26 heavy (non-hydrogen) atoms. The van der Waals surface area contributed by atoms with Crippen LogP contribution in [0.25, 0.3) is 0 Å². The molecule has 1 saturated carbocycles. The van der Waals surface area contributed by atoms with E-state index in [4.69, 9.17) is 0 Å². The van der Waals surface area contributed by atoms with Gasteiger partial charge in [-0.05, 0) is 69.9 Å². The molecule has 5 heteroatoms. The van der Waals surface area contributed by atoms with Crippen LogP contribution in [0.4, 0.5) is 0 Å². The van der Waals surface area contributed by atoms with Crippen molar-refractivity contribution in [1.29, 1.82) is 0 Å². The fourth-order valence-electron chi connectivity index (χ4n) is 5.99. The molecule has 0 aromatic carbocycles. The first-order chi connectivity index (χ1) is 12.7. The van der Waals surface area contributed by atoms with E-state index in [1.807, 2.05) is 0 Å². The van der Waals surface area contributed by atoms with Gasteiger partial charge in [-0.3, -0.25) is 4.79 Å². The number of hydrogen-bond donors (Lipinski definition) is 4. The van der Waals surface area contributed by atoms with E-state index in [9.17, 15) is 4.79 Å². The van der Waals surface area contributed by atoms with Crippen LogP contribution in [0.1, 0.15) is 71.1 Å². The second kappa shape index (κ2) is 8.57. The van der Waals surface area contributed by atoms with Crippen LogP contribution in [-0.2, 0) is 4.79 Å². The summed E-state index contributed by atoms with van der Waals surface area (Å²) in [5.41, 5.74) is 0. The summed E-state index contributed by atoms with van der Waals surface area (Å²) < 4.78 is 0. The highest BCUT2D eigenvalue weighted by Crippen LogP contribution is 2.36. The number of carbonyl (C=O) groups excluding carboxylic acids is 1. The molecule has 1 amide bonds. The molecule has 4 fully saturated rings. The molecule has 5 nitrogen and oxygen atoms in total. The Labute approximate surface area is 158 Å². The third kappa shape index (κ3) is 4.10. The SMILES string of the molecule is CC1CCCC2CC(C(=O)NC(C3CCCCN3)C3CCCCN3)NC12. The van der Waals surface area contributed by atoms with Gasteiger partial charge in [0.15, 0.2) is 0 Å². The number of rotatable bonds is 4. The lowest BCUT2D eigenvalue weighted by Crippen LogP contribution is -2.63. The zero-order valence-corrected chi connectivity index (χ0v) is 16.4. The van der Waals surface area contributed by atoms with Gasteiger partial charge in [-0.15, -0.1) is 0 Å². The second-order valence-electron chi connectivity index (χ2n) is 9.30. The van der Waals surface area contributed by atoms with E-state index in [0.717, 1.165) is 19.5 Å². The molecule has 148 valence electrons. The van der Waals surface area contributed by atoms with Crippen LogP contribution >= 0.6 is 0 Å². The van der Waals surface area contributed by atoms with Crippen molar-refractivity contribution in [2.45, 2.75) is 101 Å². The third-order valence-electron chi connectivity index (χ3n) is 7.48. The lowest BCUT2D eigenvalue weighted by molar-refractivity contribution is -0.124. The van der Waals surface area contributed by atoms with Gasteiger partial charge in [-0.2, -0.15) is 0 Å². The first-order valence-electron chi connectivity index (χ1n) is 11.3. The molecule has 0 aromatic heterocycles. The Morgan fingerprint density at radius 3 is 2.19 bits per heavy atom. The van der Waals surface area contributed by atoms with Gasteiger partial charge in [0.05, 0.1) is 12.1 Å². The molecule has 0 aromatic rings. The highest BCUT2D eigenvalue weighted by molar-refractivity contribution is 5.82. The highest BCUT2D eigenvalue weighted by atomic mass is 16.2. The van der Waals surface area contributed by atoms with Gasteiger partial charge in [0.1, 0.15) is 0 Å². The van der Waals surface area contributed by atoms with Gasteiger partial charge in [-0.25, -0.2) is 0 Å². The van der Waals surface area contributed by atoms with Crippen molar-refractivity contribution in [3.63, 3.8) is 0 Å². The lowest BCUT2D eigenvalue weighted by atomic mass is 9.78. The summed E-state index contributed by atoms with van der Waals surface area (Å²) >= 11 is 0. The predicted octanol–water partition coefficient (Wildman–Crippen LogP) is 1.92. The van der Waals surface area contributed by atoms with Crippen LogP contribution in [0.15, 0.2) is 0 Å². The molecule has 3 heterocycles. The molecule has 6 atom stereocenters. The van der Waals surface area contributed by atoms with Gasteiger partial charge in [0, 0.05) is 18.1 Å². The second-order valence-corrected chi connectivity index (χ2v) is 9.30. The first-order valence-corrected chi connectivity index (χ1v) is 11.3. The maximum atomic E-state index is 13.2. The topological polar surface area (TPSA) is 65.2 Å². The lowest BCUT2D eigenvalue weighted by Gasteiger charge is -2.39. The summed E-state index contributed by atoms with van der Waals surface area (Å²) in [5, 5.41) is 14.6. The molecular weight excluding hydrogens is 324 g/mol. The van der Waals surface area contributed by atoms with E-state index in [1.54, 1.807) is 0 Å². The maximum absolute atomic E-state index is 13.2. The van der Waals surface area contributed by atoms with Crippen molar-refractivity contribution in [3.8, 4) is 0 Å². The number of nitrogens with one attached hydrogen (secondary N) is 4. The van der Waals surface area contributed by atoms with Crippen molar-refractivity contribution >= 4 is 5.91 Å². The number of piperidine rings is 2. The van der Waals surface area contributed by atoms with Gasteiger partial charge in [-0.1, -0.05) is 26.2 Å². The molecule has 3 saturated heterocycles. The Kier molecular flexibility index (Phi) is 6.17. The molecule has 3 aliphatic heterocycles. The predicted molar refractivity (Wildman–Crippen MR) is 105 cm³/mol. The van der Waals surface area contributed by atoms with E-state index in [-0.39, 0.29) is 18.0 Å².